The second kappa shape index (κ2) is 4.07. The monoisotopic (exact) mass is 188 g/mol. The van der Waals surface area contributed by atoms with Crippen molar-refractivity contribution in [2.75, 3.05) is 0 Å². The second-order valence-electron chi connectivity index (χ2n) is 2.70. The van der Waals surface area contributed by atoms with Crippen LogP contribution < -0.4 is 0 Å². The topological polar surface area (TPSA) is 20.2 Å². The van der Waals surface area contributed by atoms with Crippen molar-refractivity contribution in [1.29, 1.82) is 0 Å². The summed E-state index contributed by atoms with van der Waals surface area (Å²) in [6, 6.07) is 0. The Bertz CT molecular complexity index is 130. The maximum Gasteiger partial charge on any atom is 0.416 e. The smallest absolute Gasteiger partial charge is 0.332 e. The Balaban J connectivity index is 3.88. The molecule has 0 saturated heterocycles. The van der Waals surface area contributed by atoms with Crippen LogP contribution in [0.3, 0.4) is 0 Å². The first-order valence-electron chi connectivity index (χ1n) is 3.79. The van der Waals surface area contributed by atoms with Gasteiger partial charge in [0.25, 0.3) is 0 Å². The molecule has 1 N–H and O–H groups in total. The molecule has 0 bridgehead atoms. The fraction of sp³-hybridized carbons (Fsp3) is 1.00. The number of rotatable bonds is 5. The van der Waals surface area contributed by atoms with Gasteiger partial charge >= 0.3 is 12.0 Å². The van der Waals surface area contributed by atoms with Gasteiger partial charge in [0.2, 0.25) is 0 Å². The summed E-state index contributed by atoms with van der Waals surface area (Å²) in [7, 11) is 0. The summed E-state index contributed by atoms with van der Waals surface area (Å²) in [4.78, 5) is 0. The van der Waals surface area contributed by atoms with Crippen LogP contribution in [0.2, 0.25) is 0 Å². The fourth-order valence-corrected chi connectivity index (χ4v) is 0.747. The van der Waals surface area contributed by atoms with E-state index in [0.717, 1.165) is 0 Å². The fourth-order valence-electron chi connectivity index (χ4n) is 0.747. The third-order valence-electron chi connectivity index (χ3n) is 1.53. The predicted molar refractivity (Wildman–Crippen MR) is 36.3 cm³/mol. The molecule has 0 aliphatic heterocycles. The van der Waals surface area contributed by atoms with E-state index in [1.807, 2.05) is 0 Å². The van der Waals surface area contributed by atoms with E-state index in [9.17, 15) is 17.6 Å². The Morgan fingerprint density at radius 3 is 1.92 bits per heavy atom. The molecular weight excluding hydrogens is 176 g/mol. The second-order valence-corrected chi connectivity index (χ2v) is 2.70. The average Bonchev–Trinajstić information content (AvgIpc) is 1.85. The van der Waals surface area contributed by atoms with Crippen LogP contribution in [0.15, 0.2) is 0 Å². The zero-order valence-corrected chi connectivity index (χ0v) is 6.79. The molecule has 0 radical (unpaired) electrons. The summed E-state index contributed by atoms with van der Waals surface area (Å²) >= 11 is 0. The number of unbranched alkanes of at least 4 members (excludes halogenated alkanes) is 2. The van der Waals surface area contributed by atoms with Crippen molar-refractivity contribution in [3.8, 4) is 0 Å². The lowest BCUT2D eigenvalue weighted by Gasteiger charge is -2.20. The lowest BCUT2D eigenvalue weighted by atomic mass is 10.1. The molecule has 0 aliphatic carbocycles. The normalized spacial score (nSPS) is 13.5. The van der Waals surface area contributed by atoms with Crippen molar-refractivity contribution in [2.45, 2.75) is 44.6 Å². The lowest BCUT2D eigenvalue weighted by Crippen LogP contribution is -2.39. The molecule has 0 unspecified atom stereocenters. The predicted octanol–water partition coefficient (Wildman–Crippen LogP) is 2.79. The van der Waals surface area contributed by atoms with Gasteiger partial charge in [0, 0.05) is 6.42 Å². The van der Waals surface area contributed by atoms with Crippen LogP contribution in [-0.4, -0.2) is 17.1 Å². The first-order chi connectivity index (χ1) is 5.31. The highest BCUT2D eigenvalue weighted by Gasteiger charge is 2.54. The Kier molecular flexibility index (Phi) is 3.96. The van der Waals surface area contributed by atoms with E-state index in [4.69, 9.17) is 5.11 Å². The molecule has 5 heteroatoms. The van der Waals surface area contributed by atoms with Gasteiger partial charge in [-0.3, -0.25) is 0 Å². The van der Waals surface area contributed by atoms with Crippen molar-refractivity contribution in [1.82, 2.24) is 0 Å². The SMILES string of the molecule is CCCCCC(F)(F)C(O)(F)F. The number of aliphatic hydroxyl groups is 1. The van der Waals surface area contributed by atoms with Crippen LogP contribution >= 0.6 is 0 Å². The van der Waals surface area contributed by atoms with Crippen LogP contribution in [0, 0.1) is 0 Å². The highest BCUT2D eigenvalue weighted by atomic mass is 19.3. The van der Waals surface area contributed by atoms with E-state index < -0.39 is 18.5 Å². The molecule has 0 aromatic rings. The Hall–Kier alpha value is -0.320. The molecule has 0 heterocycles. The largest absolute Gasteiger partial charge is 0.416 e. The van der Waals surface area contributed by atoms with Crippen LogP contribution in [-0.2, 0) is 0 Å². The van der Waals surface area contributed by atoms with Crippen LogP contribution in [0.5, 0.6) is 0 Å². The minimum atomic E-state index is -4.89. The molecule has 12 heavy (non-hydrogen) atoms. The Morgan fingerprint density at radius 2 is 1.58 bits per heavy atom. The minimum Gasteiger partial charge on any atom is -0.332 e. The van der Waals surface area contributed by atoms with Crippen molar-refractivity contribution in [3.63, 3.8) is 0 Å². The zero-order valence-electron chi connectivity index (χ0n) is 6.79. The van der Waals surface area contributed by atoms with E-state index in [1.165, 1.54) is 0 Å². The quantitative estimate of drug-likeness (QED) is 0.519. The van der Waals surface area contributed by atoms with Crippen LogP contribution in [0.4, 0.5) is 17.6 Å². The molecule has 0 spiro atoms. The van der Waals surface area contributed by atoms with Gasteiger partial charge in [0.05, 0.1) is 0 Å². The standard InChI is InChI=1S/C7H12F4O/c1-2-3-4-5-6(8,9)7(10,11)12/h12H,2-5H2,1H3. The number of hydrogen-bond donors (Lipinski definition) is 1. The molecule has 0 saturated carbocycles. The molecule has 1 nitrogen and oxygen atoms in total. The summed E-state index contributed by atoms with van der Waals surface area (Å²) in [5.41, 5.74) is 0. The molecule has 0 rings (SSSR count). The number of alkyl halides is 4. The summed E-state index contributed by atoms with van der Waals surface area (Å²) in [6.45, 7) is 1.77. The third-order valence-corrected chi connectivity index (χ3v) is 1.53. The van der Waals surface area contributed by atoms with E-state index in [-0.39, 0.29) is 6.42 Å². The van der Waals surface area contributed by atoms with Crippen molar-refractivity contribution < 1.29 is 22.7 Å². The van der Waals surface area contributed by atoms with Crippen LogP contribution in [0.1, 0.15) is 32.6 Å². The number of hydrogen-bond acceptors (Lipinski definition) is 1. The highest BCUT2D eigenvalue weighted by molar-refractivity contribution is 4.74. The molecule has 0 aromatic heterocycles. The summed E-state index contributed by atoms with van der Waals surface area (Å²) in [5.74, 6) is -4.29. The molecule has 0 aromatic carbocycles. The minimum absolute atomic E-state index is 0.000347. The lowest BCUT2D eigenvalue weighted by molar-refractivity contribution is -0.327. The first-order valence-corrected chi connectivity index (χ1v) is 3.79. The molecule has 0 amide bonds. The van der Waals surface area contributed by atoms with Gasteiger partial charge in [0.15, 0.2) is 0 Å². The highest BCUT2D eigenvalue weighted by Crippen LogP contribution is 2.35. The summed E-state index contributed by atoms with van der Waals surface area (Å²) in [5, 5.41) is 7.76. The van der Waals surface area contributed by atoms with Gasteiger partial charge in [-0.05, 0) is 6.42 Å². The van der Waals surface area contributed by atoms with Gasteiger partial charge < -0.3 is 5.11 Å². The summed E-state index contributed by atoms with van der Waals surface area (Å²) < 4.78 is 48.0. The maximum atomic E-state index is 12.3. The Morgan fingerprint density at radius 1 is 1.08 bits per heavy atom. The van der Waals surface area contributed by atoms with Gasteiger partial charge in [-0.25, -0.2) is 0 Å². The van der Waals surface area contributed by atoms with Crippen molar-refractivity contribution >= 4 is 0 Å². The third kappa shape index (κ3) is 3.38. The molecule has 0 aliphatic rings. The molecule has 0 fully saturated rings. The van der Waals surface area contributed by atoms with Gasteiger partial charge in [0.1, 0.15) is 0 Å². The maximum absolute atomic E-state index is 12.3. The Labute approximate surface area is 68.4 Å². The number of halogens is 4. The van der Waals surface area contributed by atoms with Gasteiger partial charge in [-0.15, -0.1) is 0 Å². The average molecular weight is 188 g/mol. The first kappa shape index (κ1) is 11.7. The molecule has 74 valence electrons. The van der Waals surface area contributed by atoms with E-state index in [1.54, 1.807) is 6.92 Å². The molecule has 0 atom stereocenters. The van der Waals surface area contributed by atoms with Gasteiger partial charge in [-0.2, -0.15) is 17.6 Å². The van der Waals surface area contributed by atoms with Crippen molar-refractivity contribution in [3.05, 3.63) is 0 Å². The van der Waals surface area contributed by atoms with E-state index >= 15 is 0 Å². The van der Waals surface area contributed by atoms with Crippen molar-refractivity contribution in [2.24, 2.45) is 0 Å². The molecular formula is C7H12F4O. The van der Waals surface area contributed by atoms with Gasteiger partial charge in [-0.1, -0.05) is 19.8 Å². The van der Waals surface area contributed by atoms with Crippen LogP contribution in [0.25, 0.3) is 0 Å². The van der Waals surface area contributed by atoms with E-state index in [2.05, 4.69) is 0 Å². The van der Waals surface area contributed by atoms with E-state index in [0.29, 0.717) is 12.8 Å². The summed E-state index contributed by atoms with van der Waals surface area (Å²) in [6.07, 6.45) is -4.72. The zero-order chi connectivity index (χ0) is 9.83.